The smallest absolute Gasteiger partial charge is 0.280 e. The molecule has 0 bridgehead atoms. The molecule has 1 aromatic heterocycles. The first kappa shape index (κ1) is 11.1. The van der Waals surface area contributed by atoms with Crippen LogP contribution in [0.2, 0.25) is 5.02 Å². The summed E-state index contributed by atoms with van der Waals surface area (Å²) in [7, 11) is 1.31. The number of nitrogens with zero attached hydrogens (tertiary/aromatic N) is 1. The number of halogens is 3. The molecular weight excluding hydrogens is 214 g/mol. The van der Waals surface area contributed by atoms with Gasteiger partial charge in [0.05, 0.1) is 7.11 Å². The summed E-state index contributed by atoms with van der Waals surface area (Å²) in [6.45, 7) is 0.0669. The predicted octanol–water partition coefficient (Wildman–Crippen LogP) is 2.14. The molecule has 0 aliphatic carbocycles. The minimum atomic E-state index is -2.66. The molecule has 0 amide bonds. The number of pyridine rings is 1. The van der Waals surface area contributed by atoms with Crippen molar-refractivity contribution in [3.8, 4) is 5.88 Å². The average molecular weight is 223 g/mol. The molecule has 1 rings (SSSR count). The molecule has 0 spiro atoms. The Labute approximate surface area is 84.8 Å². The lowest BCUT2D eigenvalue weighted by Gasteiger charge is -2.08. The lowest BCUT2D eigenvalue weighted by molar-refractivity contribution is 0.145. The molecule has 2 N–H and O–H groups in total. The molecule has 3 nitrogen and oxygen atoms in total. The molecule has 0 fully saturated rings. The molecule has 0 saturated carbocycles. The van der Waals surface area contributed by atoms with Crippen LogP contribution in [0.1, 0.15) is 17.7 Å². The first-order valence-corrected chi connectivity index (χ1v) is 4.19. The fourth-order valence-electron chi connectivity index (χ4n) is 0.973. The highest BCUT2D eigenvalue weighted by atomic mass is 35.5. The maximum absolute atomic E-state index is 12.3. The molecule has 0 aliphatic heterocycles. The van der Waals surface area contributed by atoms with Crippen molar-refractivity contribution in [3.05, 3.63) is 22.3 Å². The Morgan fingerprint density at radius 1 is 1.64 bits per heavy atom. The zero-order chi connectivity index (χ0) is 10.7. The van der Waals surface area contributed by atoms with E-state index in [4.69, 9.17) is 22.1 Å². The van der Waals surface area contributed by atoms with Crippen molar-refractivity contribution in [1.82, 2.24) is 4.98 Å². The van der Waals surface area contributed by atoms with E-state index in [0.717, 1.165) is 0 Å². The number of aromatic nitrogens is 1. The maximum atomic E-state index is 12.3. The third-order valence-electron chi connectivity index (χ3n) is 1.66. The SMILES string of the molecule is COc1nc(C(F)F)cc(CN)c1Cl. The van der Waals surface area contributed by atoms with Gasteiger partial charge < -0.3 is 10.5 Å². The van der Waals surface area contributed by atoms with Crippen molar-refractivity contribution >= 4 is 11.6 Å². The summed E-state index contributed by atoms with van der Waals surface area (Å²) in [5, 5.41) is 0.180. The van der Waals surface area contributed by atoms with Gasteiger partial charge in [-0.1, -0.05) is 11.6 Å². The summed E-state index contributed by atoms with van der Waals surface area (Å²) >= 11 is 5.77. The number of methoxy groups -OCH3 is 1. The standard InChI is InChI=1S/C8H9ClF2N2O/c1-14-8-6(9)4(3-12)2-5(13-8)7(10)11/h2,7H,3,12H2,1H3. The molecule has 78 valence electrons. The minimum Gasteiger partial charge on any atom is -0.480 e. The van der Waals surface area contributed by atoms with Crippen molar-refractivity contribution in [2.24, 2.45) is 5.73 Å². The lowest BCUT2D eigenvalue weighted by Crippen LogP contribution is -2.03. The Bertz CT molecular complexity index is 308. The highest BCUT2D eigenvalue weighted by molar-refractivity contribution is 6.32. The van der Waals surface area contributed by atoms with E-state index in [0.29, 0.717) is 5.56 Å². The normalized spacial score (nSPS) is 10.7. The van der Waals surface area contributed by atoms with Gasteiger partial charge in [0.15, 0.2) is 0 Å². The van der Waals surface area contributed by atoms with Gasteiger partial charge in [0.1, 0.15) is 10.7 Å². The Kier molecular flexibility index (Phi) is 3.60. The molecule has 1 aromatic rings. The van der Waals surface area contributed by atoms with Crippen LogP contribution in [-0.2, 0) is 6.54 Å². The van der Waals surface area contributed by atoms with E-state index in [1.807, 2.05) is 0 Å². The van der Waals surface area contributed by atoms with Crippen molar-refractivity contribution < 1.29 is 13.5 Å². The summed E-state index contributed by atoms with van der Waals surface area (Å²) in [4.78, 5) is 3.54. The van der Waals surface area contributed by atoms with Gasteiger partial charge in [-0.2, -0.15) is 0 Å². The Morgan fingerprint density at radius 3 is 2.71 bits per heavy atom. The van der Waals surface area contributed by atoms with Crippen molar-refractivity contribution in [1.29, 1.82) is 0 Å². The van der Waals surface area contributed by atoms with Gasteiger partial charge in [0, 0.05) is 6.54 Å². The third-order valence-corrected chi connectivity index (χ3v) is 2.06. The van der Waals surface area contributed by atoms with E-state index in [1.165, 1.54) is 13.2 Å². The largest absolute Gasteiger partial charge is 0.480 e. The van der Waals surface area contributed by atoms with Crippen LogP contribution in [-0.4, -0.2) is 12.1 Å². The Balaban J connectivity index is 3.25. The van der Waals surface area contributed by atoms with Gasteiger partial charge >= 0.3 is 0 Å². The summed E-state index contributed by atoms with van der Waals surface area (Å²) in [6.07, 6.45) is -2.66. The summed E-state index contributed by atoms with van der Waals surface area (Å²) in [6, 6.07) is 1.18. The molecule has 0 aromatic carbocycles. The highest BCUT2D eigenvalue weighted by Crippen LogP contribution is 2.29. The van der Waals surface area contributed by atoms with Gasteiger partial charge in [-0.3, -0.25) is 0 Å². The molecule has 6 heteroatoms. The molecule has 0 aliphatic rings. The lowest BCUT2D eigenvalue weighted by atomic mass is 10.2. The molecule has 14 heavy (non-hydrogen) atoms. The zero-order valence-electron chi connectivity index (χ0n) is 7.43. The average Bonchev–Trinajstić information content (AvgIpc) is 2.17. The highest BCUT2D eigenvalue weighted by Gasteiger charge is 2.15. The van der Waals surface area contributed by atoms with E-state index in [-0.39, 0.29) is 23.1 Å². The van der Waals surface area contributed by atoms with Gasteiger partial charge in [0.2, 0.25) is 5.88 Å². The first-order chi connectivity index (χ1) is 6.60. The van der Waals surface area contributed by atoms with Crippen LogP contribution in [0.25, 0.3) is 0 Å². The molecule has 1 heterocycles. The number of ether oxygens (including phenoxy) is 1. The summed E-state index contributed by atoms with van der Waals surface area (Å²) < 4.78 is 29.4. The molecule has 0 saturated heterocycles. The van der Waals surface area contributed by atoms with Crippen LogP contribution in [0.5, 0.6) is 5.88 Å². The molecule has 0 unspecified atom stereocenters. The quantitative estimate of drug-likeness (QED) is 0.853. The van der Waals surface area contributed by atoms with Crippen molar-refractivity contribution in [3.63, 3.8) is 0 Å². The number of rotatable bonds is 3. The van der Waals surface area contributed by atoms with E-state index in [1.54, 1.807) is 0 Å². The second-order valence-electron chi connectivity index (χ2n) is 2.53. The topological polar surface area (TPSA) is 48.1 Å². The second kappa shape index (κ2) is 4.52. The number of hydrogen-bond donors (Lipinski definition) is 1. The Hall–Kier alpha value is -0.940. The van der Waals surface area contributed by atoms with Gasteiger partial charge in [-0.15, -0.1) is 0 Å². The number of hydrogen-bond acceptors (Lipinski definition) is 3. The van der Waals surface area contributed by atoms with Gasteiger partial charge in [0.25, 0.3) is 6.43 Å². The molecular formula is C8H9ClF2N2O. The molecule has 0 radical (unpaired) electrons. The maximum Gasteiger partial charge on any atom is 0.280 e. The molecule has 0 atom stereocenters. The summed E-state index contributed by atoms with van der Waals surface area (Å²) in [5.74, 6) is -0.0232. The van der Waals surface area contributed by atoms with Crippen LogP contribution in [0.4, 0.5) is 8.78 Å². The van der Waals surface area contributed by atoms with E-state index >= 15 is 0 Å². The van der Waals surface area contributed by atoms with Crippen LogP contribution in [0.3, 0.4) is 0 Å². The monoisotopic (exact) mass is 222 g/mol. The third kappa shape index (κ3) is 2.10. The van der Waals surface area contributed by atoms with E-state index in [9.17, 15) is 8.78 Å². The minimum absolute atomic E-state index is 0.0232. The number of nitrogens with two attached hydrogens (primary N) is 1. The van der Waals surface area contributed by atoms with Crippen LogP contribution in [0, 0.1) is 0 Å². The fraction of sp³-hybridized carbons (Fsp3) is 0.375. The van der Waals surface area contributed by atoms with Crippen LogP contribution >= 0.6 is 11.6 Å². The van der Waals surface area contributed by atoms with Gasteiger partial charge in [-0.05, 0) is 11.6 Å². The predicted molar refractivity (Wildman–Crippen MR) is 48.6 cm³/mol. The second-order valence-corrected chi connectivity index (χ2v) is 2.91. The van der Waals surface area contributed by atoms with Crippen molar-refractivity contribution in [2.45, 2.75) is 13.0 Å². The van der Waals surface area contributed by atoms with Crippen molar-refractivity contribution in [2.75, 3.05) is 7.11 Å². The zero-order valence-corrected chi connectivity index (χ0v) is 8.18. The first-order valence-electron chi connectivity index (χ1n) is 3.81. The Morgan fingerprint density at radius 2 is 2.29 bits per heavy atom. The van der Waals surface area contributed by atoms with Gasteiger partial charge in [-0.25, -0.2) is 13.8 Å². The van der Waals surface area contributed by atoms with Crippen LogP contribution < -0.4 is 10.5 Å². The summed E-state index contributed by atoms with van der Waals surface area (Å²) in [5.41, 5.74) is 5.34. The van der Waals surface area contributed by atoms with E-state index < -0.39 is 6.43 Å². The van der Waals surface area contributed by atoms with E-state index in [2.05, 4.69) is 4.98 Å². The number of alkyl halides is 2. The fourth-order valence-corrected chi connectivity index (χ4v) is 1.22. The van der Waals surface area contributed by atoms with Crippen LogP contribution in [0.15, 0.2) is 6.07 Å².